The first kappa shape index (κ1) is 24.4. The number of thiophene rings is 1. The van der Waals surface area contributed by atoms with Crippen LogP contribution in [0.2, 0.25) is 0 Å². The number of piperazine rings is 1. The van der Waals surface area contributed by atoms with Crippen LogP contribution in [0.1, 0.15) is 5.56 Å². The van der Waals surface area contributed by atoms with Crippen molar-refractivity contribution in [2.75, 3.05) is 37.3 Å². The van der Waals surface area contributed by atoms with Crippen molar-refractivity contribution in [3.05, 3.63) is 60.3 Å². The van der Waals surface area contributed by atoms with Crippen LogP contribution in [0.25, 0.3) is 16.6 Å². The van der Waals surface area contributed by atoms with E-state index >= 15 is 0 Å². The molecular formula is C22H23N5O4S3. The highest BCUT2D eigenvalue weighted by molar-refractivity contribution is 7.98. The Morgan fingerprint density at radius 3 is 2.65 bits per heavy atom. The maximum absolute atomic E-state index is 13.3. The third kappa shape index (κ3) is 5.31. The van der Waals surface area contributed by atoms with Gasteiger partial charge in [-0.1, -0.05) is 30.0 Å². The Kier molecular flexibility index (Phi) is 7.63. The van der Waals surface area contributed by atoms with Crippen molar-refractivity contribution in [1.82, 2.24) is 19.8 Å². The van der Waals surface area contributed by atoms with Crippen LogP contribution >= 0.6 is 23.1 Å². The van der Waals surface area contributed by atoms with Gasteiger partial charge in [0.25, 0.3) is 15.9 Å². The van der Waals surface area contributed by atoms with Crippen LogP contribution in [-0.4, -0.2) is 66.2 Å². The topological polar surface area (TPSA) is 116 Å². The molecule has 4 rings (SSSR count). The van der Waals surface area contributed by atoms with Gasteiger partial charge in [-0.25, -0.2) is 23.9 Å². The number of amides is 1. The highest BCUT2D eigenvalue weighted by Crippen LogP contribution is 2.32. The number of para-hydroxylation sites is 1. The molecule has 0 atom stereocenters. The monoisotopic (exact) mass is 517 g/mol. The van der Waals surface area contributed by atoms with Crippen LogP contribution in [-0.2, 0) is 14.8 Å². The summed E-state index contributed by atoms with van der Waals surface area (Å²) in [6.07, 6.45) is 6.43. The SMILES string of the molecule is CSc1nccc(-c2ccc(S(=O)(=O)N3CCN(c4ccccc4/C=C/C(=O)NO)CC3)s2)n1. The summed E-state index contributed by atoms with van der Waals surface area (Å²) in [5, 5.41) is 9.33. The fraction of sp³-hybridized carbons (Fsp3) is 0.227. The number of nitrogens with one attached hydrogen (secondary N) is 1. The van der Waals surface area contributed by atoms with Crippen molar-refractivity contribution in [2.45, 2.75) is 9.37 Å². The van der Waals surface area contributed by atoms with Gasteiger partial charge in [0.05, 0.1) is 10.6 Å². The summed E-state index contributed by atoms with van der Waals surface area (Å²) in [6, 6.07) is 12.7. The van der Waals surface area contributed by atoms with Crippen LogP contribution in [0, 0.1) is 0 Å². The molecule has 0 bridgehead atoms. The normalized spacial score (nSPS) is 15.1. The second-order valence-corrected chi connectivity index (χ2v) is 11.3. The fourth-order valence-corrected chi connectivity index (χ4v) is 6.80. The van der Waals surface area contributed by atoms with E-state index in [2.05, 4.69) is 14.9 Å². The van der Waals surface area contributed by atoms with Gasteiger partial charge in [-0.05, 0) is 42.2 Å². The number of hydroxylamine groups is 1. The largest absolute Gasteiger partial charge is 0.368 e. The smallest absolute Gasteiger partial charge is 0.267 e. The Morgan fingerprint density at radius 1 is 1.15 bits per heavy atom. The molecule has 2 aromatic heterocycles. The van der Waals surface area contributed by atoms with Crippen molar-refractivity contribution in [2.24, 2.45) is 0 Å². The number of nitrogens with zero attached hydrogens (tertiary/aromatic N) is 4. The zero-order chi connectivity index (χ0) is 24.1. The molecule has 0 spiro atoms. The maximum atomic E-state index is 13.3. The number of hydrogen-bond donors (Lipinski definition) is 2. The minimum Gasteiger partial charge on any atom is -0.368 e. The summed E-state index contributed by atoms with van der Waals surface area (Å²) in [6.45, 7) is 1.71. The number of carbonyl (C=O) groups excluding carboxylic acids is 1. The molecule has 1 aliphatic rings. The van der Waals surface area contributed by atoms with Gasteiger partial charge in [0.1, 0.15) is 4.21 Å². The molecule has 34 heavy (non-hydrogen) atoms. The van der Waals surface area contributed by atoms with E-state index in [0.717, 1.165) is 16.1 Å². The first-order valence-corrected chi connectivity index (χ1v) is 13.8. The lowest BCUT2D eigenvalue weighted by molar-refractivity contribution is -0.124. The summed E-state index contributed by atoms with van der Waals surface area (Å²) in [5.41, 5.74) is 3.98. The van der Waals surface area contributed by atoms with E-state index in [1.54, 1.807) is 36.0 Å². The highest BCUT2D eigenvalue weighted by Gasteiger charge is 2.30. The number of thioether (sulfide) groups is 1. The fourth-order valence-electron chi connectivity index (χ4n) is 3.59. The summed E-state index contributed by atoms with van der Waals surface area (Å²) in [7, 11) is -3.62. The Hall–Kier alpha value is -2.77. The van der Waals surface area contributed by atoms with Crippen molar-refractivity contribution in [3.8, 4) is 10.6 Å². The molecule has 2 N–H and O–H groups in total. The Balaban J connectivity index is 1.47. The lowest BCUT2D eigenvalue weighted by Crippen LogP contribution is -2.48. The molecule has 178 valence electrons. The first-order chi connectivity index (χ1) is 16.4. The molecule has 1 fully saturated rings. The second kappa shape index (κ2) is 10.7. The molecule has 0 saturated carbocycles. The lowest BCUT2D eigenvalue weighted by Gasteiger charge is -2.35. The third-order valence-corrected chi connectivity index (χ3v) is 9.32. The van der Waals surface area contributed by atoms with E-state index in [0.29, 0.717) is 41.2 Å². The van der Waals surface area contributed by atoms with E-state index in [4.69, 9.17) is 5.21 Å². The quantitative estimate of drug-likeness (QED) is 0.162. The van der Waals surface area contributed by atoms with Crippen LogP contribution in [0.15, 0.2) is 64.1 Å². The number of rotatable bonds is 7. The lowest BCUT2D eigenvalue weighted by atomic mass is 10.1. The summed E-state index contributed by atoms with van der Waals surface area (Å²) in [4.78, 5) is 22.8. The molecular weight excluding hydrogens is 494 g/mol. The minimum atomic E-state index is -3.62. The summed E-state index contributed by atoms with van der Waals surface area (Å²) >= 11 is 2.64. The number of benzene rings is 1. The predicted molar refractivity (Wildman–Crippen MR) is 134 cm³/mol. The molecule has 0 radical (unpaired) electrons. The summed E-state index contributed by atoms with van der Waals surface area (Å²) in [5.74, 6) is -0.618. The van der Waals surface area contributed by atoms with Gasteiger partial charge >= 0.3 is 0 Å². The van der Waals surface area contributed by atoms with Crippen LogP contribution in [0.4, 0.5) is 5.69 Å². The number of carbonyl (C=O) groups is 1. The first-order valence-electron chi connectivity index (χ1n) is 10.4. The Morgan fingerprint density at radius 2 is 1.91 bits per heavy atom. The minimum absolute atomic E-state index is 0.290. The average molecular weight is 518 g/mol. The zero-order valence-electron chi connectivity index (χ0n) is 18.3. The highest BCUT2D eigenvalue weighted by atomic mass is 32.2. The Labute approximate surface area is 206 Å². The van der Waals surface area contributed by atoms with Crippen molar-refractivity contribution in [3.63, 3.8) is 0 Å². The number of aromatic nitrogens is 2. The van der Waals surface area contributed by atoms with Gasteiger partial charge in [-0.15, -0.1) is 11.3 Å². The van der Waals surface area contributed by atoms with Gasteiger partial charge in [0, 0.05) is 44.1 Å². The van der Waals surface area contributed by atoms with Gasteiger partial charge in [0.2, 0.25) is 0 Å². The zero-order valence-corrected chi connectivity index (χ0v) is 20.7. The van der Waals surface area contributed by atoms with E-state index in [1.165, 1.54) is 33.5 Å². The van der Waals surface area contributed by atoms with E-state index < -0.39 is 15.9 Å². The van der Waals surface area contributed by atoms with Crippen molar-refractivity contribution < 1.29 is 18.4 Å². The van der Waals surface area contributed by atoms with E-state index in [9.17, 15) is 13.2 Å². The molecule has 1 saturated heterocycles. The van der Waals surface area contributed by atoms with E-state index in [1.807, 2.05) is 30.5 Å². The summed E-state index contributed by atoms with van der Waals surface area (Å²) < 4.78 is 28.3. The predicted octanol–water partition coefficient (Wildman–Crippen LogP) is 2.96. The van der Waals surface area contributed by atoms with E-state index in [-0.39, 0.29) is 0 Å². The van der Waals surface area contributed by atoms with Gasteiger partial charge in [-0.2, -0.15) is 4.31 Å². The Bertz CT molecular complexity index is 1300. The third-order valence-electron chi connectivity index (χ3n) is 5.28. The van der Waals surface area contributed by atoms with Crippen molar-refractivity contribution in [1.29, 1.82) is 0 Å². The van der Waals surface area contributed by atoms with Crippen LogP contribution in [0.5, 0.6) is 0 Å². The molecule has 3 heterocycles. The average Bonchev–Trinajstić information content (AvgIpc) is 3.39. The number of anilines is 1. The van der Waals surface area contributed by atoms with Crippen LogP contribution < -0.4 is 10.4 Å². The molecule has 0 aliphatic carbocycles. The molecule has 3 aromatic rings. The number of hydrogen-bond acceptors (Lipinski definition) is 9. The molecule has 12 heteroatoms. The molecule has 1 aromatic carbocycles. The second-order valence-electron chi connectivity index (χ2n) is 7.31. The standard InChI is InChI=1S/C22H23N5O4S3/c1-32-22-23-11-10-17(24-22)19-7-9-21(33-19)34(30,31)27-14-12-26(13-15-27)18-5-3-2-4-16(18)6-8-20(28)25-29/h2-11,29H,12-15H2,1H3,(H,25,28)/b8-6+. The van der Waals surface area contributed by atoms with Gasteiger partial charge < -0.3 is 4.90 Å². The van der Waals surface area contributed by atoms with Gasteiger partial charge in [-0.3, -0.25) is 10.0 Å². The molecule has 0 unspecified atom stereocenters. The molecule has 9 nitrogen and oxygen atoms in total. The van der Waals surface area contributed by atoms with Crippen molar-refractivity contribution >= 4 is 50.8 Å². The van der Waals surface area contributed by atoms with Crippen LogP contribution in [0.3, 0.4) is 0 Å². The molecule has 1 aliphatic heterocycles. The number of sulfonamides is 1. The molecule has 1 amide bonds. The van der Waals surface area contributed by atoms with Gasteiger partial charge in [0.15, 0.2) is 5.16 Å². The maximum Gasteiger partial charge on any atom is 0.267 e.